The summed E-state index contributed by atoms with van der Waals surface area (Å²) in [4.78, 5) is 12.1. The van der Waals surface area contributed by atoms with Gasteiger partial charge in [-0.3, -0.25) is 14.8 Å². The molecule has 1 aromatic rings. The first-order chi connectivity index (χ1) is 10.6. The van der Waals surface area contributed by atoms with Gasteiger partial charge in [-0.05, 0) is 59.5 Å². The third kappa shape index (κ3) is 5.04. The predicted octanol–water partition coefficient (Wildman–Crippen LogP) is 2.49. The van der Waals surface area contributed by atoms with Crippen molar-refractivity contribution in [3.8, 4) is 0 Å². The van der Waals surface area contributed by atoms with Crippen LogP contribution in [0.2, 0.25) is 0 Å². The van der Waals surface area contributed by atoms with Gasteiger partial charge in [0.15, 0.2) is 0 Å². The van der Waals surface area contributed by atoms with Crippen molar-refractivity contribution in [2.75, 3.05) is 46.3 Å². The summed E-state index contributed by atoms with van der Waals surface area (Å²) in [6.45, 7) is 14.1. The molecule has 1 aromatic heterocycles. The molecule has 0 bridgehead atoms. The number of piperazine rings is 1. The van der Waals surface area contributed by atoms with Crippen molar-refractivity contribution >= 4 is 0 Å². The SMILES string of the molecule is CC(c1ccccn1)N(C)CCCN1CCN(C(C)C)CC1. The topological polar surface area (TPSA) is 22.6 Å². The molecule has 1 unspecified atom stereocenters. The van der Waals surface area contributed by atoms with E-state index in [1.165, 1.54) is 39.1 Å². The van der Waals surface area contributed by atoms with Crippen LogP contribution >= 0.6 is 0 Å². The minimum Gasteiger partial charge on any atom is -0.301 e. The van der Waals surface area contributed by atoms with E-state index in [1.807, 2.05) is 12.3 Å². The maximum Gasteiger partial charge on any atom is 0.0572 e. The van der Waals surface area contributed by atoms with E-state index < -0.39 is 0 Å². The fourth-order valence-electron chi connectivity index (χ4n) is 3.09. The maximum absolute atomic E-state index is 4.46. The van der Waals surface area contributed by atoms with E-state index in [2.05, 4.69) is 59.6 Å². The number of hydrogen-bond acceptors (Lipinski definition) is 4. The van der Waals surface area contributed by atoms with Gasteiger partial charge in [-0.25, -0.2) is 0 Å². The molecule has 1 atom stereocenters. The third-order valence-corrected chi connectivity index (χ3v) is 4.90. The molecule has 4 heteroatoms. The molecular formula is C18H32N4. The van der Waals surface area contributed by atoms with Gasteiger partial charge in [-0.1, -0.05) is 6.07 Å². The molecule has 0 radical (unpaired) electrons. The summed E-state index contributed by atoms with van der Waals surface area (Å²) in [5, 5.41) is 0. The molecule has 2 heterocycles. The van der Waals surface area contributed by atoms with E-state index in [9.17, 15) is 0 Å². The zero-order valence-corrected chi connectivity index (χ0v) is 14.7. The highest BCUT2D eigenvalue weighted by Crippen LogP contribution is 2.16. The van der Waals surface area contributed by atoms with Gasteiger partial charge in [-0.2, -0.15) is 0 Å². The standard InChI is InChI=1S/C18H32N4/c1-16(2)22-14-12-21(13-15-22)11-7-10-20(4)17(3)18-8-5-6-9-19-18/h5-6,8-9,16-17H,7,10-15H2,1-4H3. The second-order valence-electron chi connectivity index (χ2n) is 6.74. The predicted molar refractivity (Wildman–Crippen MR) is 93.0 cm³/mol. The highest BCUT2D eigenvalue weighted by Gasteiger charge is 2.18. The summed E-state index contributed by atoms with van der Waals surface area (Å²) in [7, 11) is 2.20. The van der Waals surface area contributed by atoms with Gasteiger partial charge in [0, 0.05) is 44.5 Å². The quantitative estimate of drug-likeness (QED) is 0.772. The fraction of sp³-hybridized carbons (Fsp3) is 0.722. The second kappa shape index (κ2) is 8.61. The second-order valence-corrected chi connectivity index (χ2v) is 6.74. The monoisotopic (exact) mass is 304 g/mol. The molecule has 0 aliphatic carbocycles. The van der Waals surface area contributed by atoms with Crippen molar-refractivity contribution < 1.29 is 0 Å². The van der Waals surface area contributed by atoms with Crippen molar-refractivity contribution in [2.24, 2.45) is 0 Å². The molecule has 22 heavy (non-hydrogen) atoms. The number of aromatic nitrogens is 1. The highest BCUT2D eigenvalue weighted by atomic mass is 15.3. The highest BCUT2D eigenvalue weighted by molar-refractivity contribution is 5.07. The smallest absolute Gasteiger partial charge is 0.0572 e. The Labute approximate surface area is 136 Å². The first kappa shape index (κ1) is 17.4. The molecule has 0 amide bonds. The van der Waals surface area contributed by atoms with Gasteiger partial charge in [0.1, 0.15) is 0 Å². The largest absolute Gasteiger partial charge is 0.301 e. The van der Waals surface area contributed by atoms with Crippen molar-refractivity contribution in [1.82, 2.24) is 19.7 Å². The van der Waals surface area contributed by atoms with Gasteiger partial charge in [0.25, 0.3) is 0 Å². The normalized spacial score (nSPS) is 19.0. The van der Waals surface area contributed by atoms with Crippen LogP contribution in [0.3, 0.4) is 0 Å². The molecule has 2 rings (SSSR count). The van der Waals surface area contributed by atoms with Crippen LogP contribution in [-0.4, -0.2) is 72.0 Å². The lowest BCUT2D eigenvalue weighted by atomic mass is 10.2. The molecule has 4 nitrogen and oxygen atoms in total. The number of hydrogen-bond donors (Lipinski definition) is 0. The van der Waals surface area contributed by atoms with Crippen LogP contribution in [0.25, 0.3) is 0 Å². The van der Waals surface area contributed by atoms with Crippen LogP contribution in [-0.2, 0) is 0 Å². The van der Waals surface area contributed by atoms with Crippen molar-refractivity contribution in [1.29, 1.82) is 0 Å². The fourth-order valence-corrected chi connectivity index (χ4v) is 3.09. The average Bonchev–Trinajstić information content (AvgIpc) is 2.55. The van der Waals surface area contributed by atoms with Crippen LogP contribution in [0.15, 0.2) is 24.4 Å². The van der Waals surface area contributed by atoms with E-state index in [4.69, 9.17) is 0 Å². The van der Waals surface area contributed by atoms with Gasteiger partial charge >= 0.3 is 0 Å². The Hall–Kier alpha value is -0.970. The zero-order chi connectivity index (χ0) is 15.9. The molecule has 1 aliphatic heterocycles. The zero-order valence-electron chi connectivity index (χ0n) is 14.7. The van der Waals surface area contributed by atoms with E-state index in [-0.39, 0.29) is 0 Å². The Kier molecular flexibility index (Phi) is 6.80. The van der Waals surface area contributed by atoms with Gasteiger partial charge in [0.05, 0.1) is 5.69 Å². The Morgan fingerprint density at radius 2 is 1.86 bits per heavy atom. The summed E-state index contributed by atoms with van der Waals surface area (Å²) in [5.74, 6) is 0. The minimum atomic E-state index is 0.388. The number of rotatable bonds is 7. The van der Waals surface area contributed by atoms with Crippen molar-refractivity contribution in [2.45, 2.75) is 39.3 Å². The van der Waals surface area contributed by atoms with Crippen LogP contribution in [0, 0.1) is 0 Å². The Bertz CT molecular complexity index is 412. The molecule has 0 saturated carbocycles. The van der Waals surface area contributed by atoms with Crippen LogP contribution < -0.4 is 0 Å². The molecule has 1 fully saturated rings. The molecule has 0 spiro atoms. The maximum atomic E-state index is 4.46. The molecule has 124 valence electrons. The lowest BCUT2D eigenvalue weighted by molar-refractivity contribution is 0.104. The van der Waals surface area contributed by atoms with Crippen LogP contribution in [0.1, 0.15) is 38.9 Å². The third-order valence-electron chi connectivity index (χ3n) is 4.90. The molecule has 1 aliphatic rings. The molecule has 0 N–H and O–H groups in total. The summed E-state index contributed by atoms with van der Waals surface area (Å²) in [6.07, 6.45) is 3.11. The van der Waals surface area contributed by atoms with E-state index in [0.29, 0.717) is 12.1 Å². The summed E-state index contributed by atoms with van der Waals surface area (Å²) in [6, 6.07) is 7.24. The Morgan fingerprint density at radius 3 is 2.45 bits per heavy atom. The summed E-state index contributed by atoms with van der Waals surface area (Å²) in [5.41, 5.74) is 1.16. The van der Waals surface area contributed by atoms with E-state index in [0.717, 1.165) is 12.2 Å². The lowest BCUT2D eigenvalue weighted by Crippen LogP contribution is -2.49. The van der Waals surface area contributed by atoms with Crippen molar-refractivity contribution in [3.05, 3.63) is 30.1 Å². The summed E-state index contributed by atoms with van der Waals surface area (Å²) < 4.78 is 0. The molecular weight excluding hydrogens is 272 g/mol. The first-order valence-electron chi connectivity index (χ1n) is 8.65. The minimum absolute atomic E-state index is 0.388. The number of nitrogens with zero attached hydrogens (tertiary/aromatic N) is 4. The average molecular weight is 304 g/mol. The van der Waals surface area contributed by atoms with Crippen molar-refractivity contribution in [3.63, 3.8) is 0 Å². The molecule has 0 aromatic carbocycles. The van der Waals surface area contributed by atoms with Gasteiger partial charge in [-0.15, -0.1) is 0 Å². The van der Waals surface area contributed by atoms with Gasteiger partial charge in [0.2, 0.25) is 0 Å². The Morgan fingerprint density at radius 1 is 1.14 bits per heavy atom. The van der Waals surface area contributed by atoms with Crippen LogP contribution in [0.5, 0.6) is 0 Å². The Balaban J connectivity index is 1.66. The lowest BCUT2D eigenvalue weighted by Gasteiger charge is -2.37. The van der Waals surface area contributed by atoms with Crippen LogP contribution in [0.4, 0.5) is 0 Å². The molecule has 1 saturated heterocycles. The number of pyridine rings is 1. The van der Waals surface area contributed by atoms with Gasteiger partial charge < -0.3 is 4.90 Å². The van der Waals surface area contributed by atoms with E-state index >= 15 is 0 Å². The summed E-state index contributed by atoms with van der Waals surface area (Å²) >= 11 is 0. The van der Waals surface area contributed by atoms with E-state index in [1.54, 1.807) is 0 Å². The first-order valence-corrected chi connectivity index (χ1v) is 8.65.